The Hall–Kier alpha value is -2.14. The number of benzene rings is 1. The molecule has 0 unspecified atom stereocenters. The minimum Gasteiger partial charge on any atom is -0.457 e. The van der Waals surface area contributed by atoms with Gasteiger partial charge >= 0.3 is 11.9 Å². The van der Waals surface area contributed by atoms with Crippen LogP contribution < -0.4 is 0 Å². The topological polar surface area (TPSA) is 72.8 Å². The van der Waals surface area contributed by atoms with E-state index in [0.717, 1.165) is 0 Å². The van der Waals surface area contributed by atoms with Crippen molar-refractivity contribution in [2.24, 2.45) is 0 Å². The number of carbonyl (C=O) groups excluding carboxylic acids is 2. The number of hydrogen-bond donors (Lipinski definition) is 1. The van der Waals surface area contributed by atoms with Crippen molar-refractivity contribution >= 4 is 11.9 Å². The van der Waals surface area contributed by atoms with Crippen LogP contribution in [0.5, 0.6) is 0 Å². The second-order valence-electron chi connectivity index (χ2n) is 5.85. The van der Waals surface area contributed by atoms with Crippen molar-refractivity contribution in [1.82, 2.24) is 0 Å². The zero-order chi connectivity index (χ0) is 15.7. The molecule has 0 saturated carbocycles. The van der Waals surface area contributed by atoms with Crippen LogP contribution in [0.4, 0.5) is 0 Å². The van der Waals surface area contributed by atoms with Crippen LogP contribution >= 0.6 is 0 Å². The van der Waals surface area contributed by atoms with Gasteiger partial charge in [-0.15, -0.1) is 0 Å². The first kappa shape index (κ1) is 15.3. The highest BCUT2D eigenvalue weighted by Crippen LogP contribution is 2.33. The van der Waals surface area contributed by atoms with Gasteiger partial charge in [-0.05, 0) is 32.4 Å². The molecule has 1 heterocycles. The van der Waals surface area contributed by atoms with E-state index in [9.17, 15) is 14.7 Å². The Balaban J connectivity index is 2.42. The molecule has 1 aliphatic rings. The van der Waals surface area contributed by atoms with Gasteiger partial charge in [-0.3, -0.25) is 0 Å². The minimum absolute atomic E-state index is 0.309. The lowest BCUT2D eigenvalue weighted by Gasteiger charge is -2.33. The zero-order valence-electron chi connectivity index (χ0n) is 12.2. The monoisotopic (exact) mass is 290 g/mol. The van der Waals surface area contributed by atoms with Crippen LogP contribution in [-0.2, 0) is 24.7 Å². The van der Waals surface area contributed by atoms with Crippen LogP contribution in [0.25, 0.3) is 0 Å². The lowest BCUT2D eigenvalue weighted by molar-refractivity contribution is -0.191. The summed E-state index contributed by atoms with van der Waals surface area (Å²) in [6.45, 7) is 5.10. The molecule has 0 saturated heterocycles. The van der Waals surface area contributed by atoms with E-state index in [4.69, 9.17) is 9.47 Å². The first-order valence-corrected chi connectivity index (χ1v) is 6.63. The molecule has 0 aromatic heterocycles. The highest BCUT2D eigenvalue weighted by Gasteiger charge is 2.50. The maximum absolute atomic E-state index is 12.5. The van der Waals surface area contributed by atoms with E-state index >= 15 is 0 Å². The first-order chi connectivity index (χ1) is 9.73. The minimum atomic E-state index is -2.07. The van der Waals surface area contributed by atoms with Gasteiger partial charge in [0, 0.05) is 6.08 Å². The maximum Gasteiger partial charge on any atom is 0.347 e. The molecule has 1 aromatic carbocycles. The highest BCUT2D eigenvalue weighted by molar-refractivity contribution is 5.88. The van der Waals surface area contributed by atoms with Gasteiger partial charge in [0.25, 0.3) is 0 Å². The molecule has 0 aliphatic carbocycles. The average molecular weight is 290 g/mol. The van der Waals surface area contributed by atoms with Gasteiger partial charge in [0.2, 0.25) is 5.60 Å². The Morgan fingerprint density at radius 1 is 1.24 bits per heavy atom. The fraction of sp³-hybridized carbons (Fsp3) is 0.375. The second kappa shape index (κ2) is 5.33. The van der Waals surface area contributed by atoms with Crippen molar-refractivity contribution in [3.05, 3.63) is 48.0 Å². The molecular formula is C16H18O5. The van der Waals surface area contributed by atoms with Crippen LogP contribution in [0.1, 0.15) is 26.3 Å². The Morgan fingerprint density at radius 2 is 1.86 bits per heavy atom. The second-order valence-corrected chi connectivity index (χ2v) is 5.85. The molecule has 0 radical (unpaired) electrons. The summed E-state index contributed by atoms with van der Waals surface area (Å²) in [5.41, 5.74) is -2.53. The van der Waals surface area contributed by atoms with Crippen LogP contribution in [0.2, 0.25) is 0 Å². The molecule has 5 heteroatoms. The first-order valence-electron chi connectivity index (χ1n) is 6.63. The molecule has 2 atom stereocenters. The van der Waals surface area contributed by atoms with Crippen molar-refractivity contribution in [3.8, 4) is 0 Å². The van der Waals surface area contributed by atoms with Gasteiger partial charge < -0.3 is 14.6 Å². The normalized spacial score (nSPS) is 20.8. The number of cyclic esters (lactones) is 1. The number of esters is 2. The number of aliphatic hydroxyl groups is 1. The van der Waals surface area contributed by atoms with E-state index in [1.807, 2.05) is 0 Å². The molecular weight excluding hydrogens is 272 g/mol. The van der Waals surface area contributed by atoms with E-state index in [1.165, 1.54) is 12.2 Å². The third-order valence-corrected chi connectivity index (χ3v) is 2.99. The molecule has 2 rings (SSSR count). The number of ether oxygens (including phenoxy) is 2. The standard InChI is InChI=1S/C16H18O5/c1-15(2,3)21-14(18)16(19,11-7-5-4-6-8-11)12-9-10-13(17)20-12/h4-10,12,19H,1-3H3/t12-,16-/m0/s1. The summed E-state index contributed by atoms with van der Waals surface area (Å²) in [7, 11) is 0. The molecule has 0 bridgehead atoms. The Bertz CT molecular complexity index is 570. The molecule has 21 heavy (non-hydrogen) atoms. The summed E-state index contributed by atoms with van der Waals surface area (Å²) < 4.78 is 10.3. The largest absolute Gasteiger partial charge is 0.457 e. The molecule has 0 spiro atoms. The van der Waals surface area contributed by atoms with Gasteiger partial charge in [0.1, 0.15) is 5.60 Å². The molecule has 1 aromatic rings. The van der Waals surface area contributed by atoms with Crippen molar-refractivity contribution < 1.29 is 24.2 Å². The summed E-state index contributed by atoms with van der Waals surface area (Å²) in [6, 6.07) is 8.31. The fourth-order valence-electron chi connectivity index (χ4n) is 2.04. The van der Waals surface area contributed by atoms with Crippen molar-refractivity contribution in [2.45, 2.75) is 38.1 Å². The smallest absolute Gasteiger partial charge is 0.347 e. The Labute approximate surface area is 123 Å². The Kier molecular flexibility index (Phi) is 3.87. The van der Waals surface area contributed by atoms with Gasteiger partial charge in [-0.25, -0.2) is 9.59 Å². The van der Waals surface area contributed by atoms with E-state index in [-0.39, 0.29) is 0 Å². The molecule has 112 valence electrons. The molecule has 0 amide bonds. The summed E-state index contributed by atoms with van der Waals surface area (Å²) in [6.07, 6.45) is 1.43. The van der Waals surface area contributed by atoms with E-state index in [2.05, 4.69) is 0 Å². The quantitative estimate of drug-likeness (QED) is 0.858. The maximum atomic E-state index is 12.5. The van der Waals surface area contributed by atoms with E-state index < -0.39 is 29.2 Å². The van der Waals surface area contributed by atoms with Gasteiger partial charge in [-0.1, -0.05) is 30.3 Å². The van der Waals surface area contributed by atoms with Gasteiger partial charge in [-0.2, -0.15) is 0 Å². The van der Waals surface area contributed by atoms with Gasteiger partial charge in [0.15, 0.2) is 6.10 Å². The van der Waals surface area contributed by atoms with Crippen LogP contribution in [0, 0.1) is 0 Å². The zero-order valence-corrected chi connectivity index (χ0v) is 12.2. The predicted molar refractivity (Wildman–Crippen MR) is 75.2 cm³/mol. The lowest BCUT2D eigenvalue weighted by atomic mass is 9.88. The number of hydrogen-bond acceptors (Lipinski definition) is 5. The van der Waals surface area contributed by atoms with Crippen LogP contribution in [-0.4, -0.2) is 28.8 Å². The summed E-state index contributed by atoms with van der Waals surface area (Å²) in [4.78, 5) is 23.7. The Morgan fingerprint density at radius 3 is 2.33 bits per heavy atom. The average Bonchev–Trinajstić information content (AvgIpc) is 2.84. The molecule has 1 aliphatic heterocycles. The highest BCUT2D eigenvalue weighted by atomic mass is 16.6. The van der Waals surface area contributed by atoms with E-state index in [0.29, 0.717) is 5.56 Å². The third-order valence-electron chi connectivity index (χ3n) is 2.99. The van der Waals surface area contributed by atoms with Crippen molar-refractivity contribution in [1.29, 1.82) is 0 Å². The summed E-state index contributed by atoms with van der Waals surface area (Å²) in [5, 5.41) is 10.9. The SMILES string of the molecule is CC(C)(C)OC(=O)[C@](O)(c1ccccc1)[C@@H]1C=CC(=O)O1. The van der Waals surface area contributed by atoms with Crippen LogP contribution in [0.15, 0.2) is 42.5 Å². The lowest BCUT2D eigenvalue weighted by Crippen LogP contribution is -2.49. The molecule has 0 fully saturated rings. The van der Waals surface area contributed by atoms with Crippen molar-refractivity contribution in [3.63, 3.8) is 0 Å². The fourth-order valence-corrected chi connectivity index (χ4v) is 2.04. The summed E-state index contributed by atoms with van der Waals surface area (Å²) >= 11 is 0. The predicted octanol–water partition coefficient (Wildman–Crippen LogP) is 1.70. The molecule has 5 nitrogen and oxygen atoms in total. The van der Waals surface area contributed by atoms with E-state index in [1.54, 1.807) is 51.1 Å². The number of rotatable bonds is 3. The third kappa shape index (κ3) is 3.13. The molecule has 1 N–H and O–H groups in total. The van der Waals surface area contributed by atoms with Crippen molar-refractivity contribution in [2.75, 3.05) is 0 Å². The van der Waals surface area contributed by atoms with Gasteiger partial charge in [0.05, 0.1) is 0 Å². The van der Waals surface area contributed by atoms with Crippen LogP contribution in [0.3, 0.4) is 0 Å². The summed E-state index contributed by atoms with van der Waals surface area (Å²) in [5.74, 6) is -1.46. The number of carbonyl (C=O) groups is 2.